The van der Waals surface area contributed by atoms with E-state index in [1.807, 2.05) is 0 Å². The number of hydrogen-bond donors (Lipinski definition) is 0. The second-order valence-corrected chi connectivity index (χ2v) is 5.01. The topological polar surface area (TPSA) is 52.6 Å². The summed E-state index contributed by atoms with van der Waals surface area (Å²) in [7, 11) is -3.00. The molecule has 0 saturated carbocycles. The Labute approximate surface area is 66.4 Å². The van der Waals surface area contributed by atoms with Crippen LogP contribution >= 0.6 is 0 Å². The van der Waals surface area contributed by atoms with E-state index >= 15 is 0 Å². The zero-order chi connectivity index (χ0) is 8.48. The Morgan fingerprint density at radius 3 is 2.09 bits per heavy atom. The lowest BCUT2D eigenvalue weighted by Gasteiger charge is -2.25. The highest BCUT2D eigenvalue weighted by Crippen LogP contribution is 2.10. The van der Waals surface area contributed by atoms with Crippen LogP contribution in [0.3, 0.4) is 0 Å². The fourth-order valence-electron chi connectivity index (χ4n) is 0.829. The van der Waals surface area contributed by atoms with Crippen molar-refractivity contribution in [1.82, 2.24) is 0 Å². The molecule has 0 spiro atoms. The highest BCUT2D eigenvalue weighted by molar-refractivity contribution is 7.91. The molecule has 0 radical (unpaired) electrons. The molecule has 1 fully saturated rings. The number of ether oxygens (including phenoxy) is 2. The molecule has 0 aromatic heterocycles. The molecular weight excluding hydrogens is 168 g/mol. The summed E-state index contributed by atoms with van der Waals surface area (Å²) in [5.74, 6) is 0. The molecule has 1 aliphatic heterocycles. The molecule has 0 unspecified atom stereocenters. The smallest absolute Gasteiger partial charge is 0.154 e. The molecule has 1 aliphatic rings. The monoisotopic (exact) mass is 180 g/mol. The van der Waals surface area contributed by atoms with Crippen molar-refractivity contribution in [3.63, 3.8) is 0 Å². The zero-order valence-corrected chi connectivity index (χ0v) is 7.43. The molecule has 1 heterocycles. The lowest BCUT2D eigenvalue weighted by Crippen LogP contribution is -2.38. The fraction of sp³-hybridized carbons (Fsp3) is 1.00. The third kappa shape index (κ3) is 2.43. The molecule has 0 amide bonds. The van der Waals surface area contributed by atoms with Crippen LogP contribution in [-0.2, 0) is 19.3 Å². The van der Waals surface area contributed by atoms with Crippen molar-refractivity contribution in [1.29, 1.82) is 0 Å². The van der Waals surface area contributed by atoms with Gasteiger partial charge in [0.1, 0.15) is 5.25 Å². The third-order valence-electron chi connectivity index (χ3n) is 1.64. The molecule has 0 bridgehead atoms. The van der Waals surface area contributed by atoms with Gasteiger partial charge in [-0.1, -0.05) is 0 Å². The SMILES string of the molecule is CC1OCC(S(C)(=O)=O)CO1. The van der Waals surface area contributed by atoms with Gasteiger partial charge in [0, 0.05) is 6.26 Å². The Hall–Kier alpha value is -0.130. The van der Waals surface area contributed by atoms with Gasteiger partial charge in [-0.05, 0) is 6.92 Å². The predicted octanol–water partition coefficient (Wildman–Crippen LogP) is -0.208. The van der Waals surface area contributed by atoms with E-state index in [0.717, 1.165) is 0 Å². The van der Waals surface area contributed by atoms with E-state index in [4.69, 9.17) is 9.47 Å². The van der Waals surface area contributed by atoms with Crippen LogP contribution in [0.25, 0.3) is 0 Å². The summed E-state index contributed by atoms with van der Waals surface area (Å²) in [6.45, 7) is 2.25. The summed E-state index contributed by atoms with van der Waals surface area (Å²) in [5, 5.41) is -0.487. The van der Waals surface area contributed by atoms with Crippen LogP contribution in [0.4, 0.5) is 0 Å². The lowest BCUT2D eigenvalue weighted by molar-refractivity contribution is -0.164. The maximum atomic E-state index is 10.9. The standard InChI is InChI=1S/C6H12O4S/c1-5-9-3-6(4-10-5)11(2,7)8/h5-6H,3-4H2,1-2H3. The molecule has 0 aliphatic carbocycles. The van der Waals surface area contributed by atoms with E-state index in [1.165, 1.54) is 6.26 Å². The Morgan fingerprint density at radius 1 is 1.27 bits per heavy atom. The summed E-state index contributed by atoms with van der Waals surface area (Å²) in [4.78, 5) is 0. The molecule has 0 aromatic rings. The zero-order valence-electron chi connectivity index (χ0n) is 6.61. The van der Waals surface area contributed by atoms with E-state index in [-0.39, 0.29) is 19.5 Å². The van der Waals surface area contributed by atoms with Crippen molar-refractivity contribution < 1.29 is 17.9 Å². The molecule has 4 nitrogen and oxygen atoms in total. The first-order chi connectivity index (χ1) is 5.00. The van der Waals surface area contributed by atoms with Crippen molar-refractivity contribution in [2.45, 2.75) is 18.5 Å². The largest absolute Gasteiger partial charge is 0.352 e. The van der Waals surface area contributed by atoms with Gasteiger partial charge >= 0.3 is 0 Å². The summed E-state index contributed by atoms with van der Waals surface area (Å²) in [5.41, 5.74) is 0. The molecule has 1 saturated heterocycles. The number of rotatable bonds is 1. The second-order valence-electron chi connectivity index (χ2n) is 2.69. The molecule has 1 rings (SSSR count). The van der Waals surface area contributed by atoms with Crippen LogP contribution in [0.5, 0.6) is 0 Å². The first-order valence-electron chi connectivity index (χ1n) is 3.42. The Kier molecular flexibility index (Phi) is 2.51. The van der Waals surface area contributed by atoms with E-state index in [0.29, 0.717) is 0 Å². The second kappa shape index (κ2) is 3.08. The average molecular weight is 180 g/mol. The normalized spacial score (nSPS) is 33.6. The summed E-state index contributed by atoms with van der Waals surface area (Å²) in [6.07, 6.45) is 0.924. The molecule has 11 heavy (non-hydrogen) atoms. The molecule has 0 atom stereocenters. The summed E-state index contributed by atoms with van der Waals surface area (Å²) < 4.78 is 31.9. The van der Waals surface area contributed by atoms with Crippen molar-refractivity contribution in [3.8, 4) is 0 Å². The molecule has 5 heteroatoms. The van der Waals surface area contributed by atoms with Gasteiger partial charge in [0.05, 0.1) is 13.2 Å². The van der Waals surface area contributed by atoms with Crippen LogP contribution in [0.15, 0.2) is 0 Å². The predicted molar refractivity (Wildman–Crippen MR) is 40.0 cm³/mol. The first-order valence-corrected chi connectivity index (χ1v) is 5.37. The van der Waals surface area contributed by atoms with Crippen molar-refractivity contribution in [3.05, 3.63) is 0 Å². The summed E-state index contributed by atoms with van der Waals surface area (Å²) in [6, 6.07) is 0. The van der Waals surface area contributed by atoms with Gasteiger partial charge in [-0.25, -0.2) is 8.42 Å². The van der Waals surface area contributed by atoms with Crippen LogP contribution in [-0.4, -0.2) is 39.4 Å². The van der Waals surface area contributed by atoms with Crippen LogP contribution in [0.2, 0.25) is 0 Å². The van der Waals surface area contributed by atoms with E-state index in [1.54, 1.807) is 6.92 Å². The van der Waals surface area contributed by atoms with E-state index in [2.05, 4.69) is 0 Å². The minimum Gasteiger partial charge on any atom is -0.352 e. The minimum atomic E-state index is -3.00. The summed E-state index contributed by atoms with van der Waals surface area (Å²) >= 11 is 0. The van der Waals surface area contributed by atoms with Gasteiger partial charge in [0.25, 0.3) is 0 Å². The first kappa shape index (κ1) is 8.96. The molecule has 0 N–H and O–H groups in total. The van der Waals surface area contributed by atoms with Crippen LogP contribution < -0.4 is 0 Å². The maximum Gasteiger partial charge on any atom is 0.154 e. The number of sulfone groups is 1. The van der Waals surface area contributed by atoms with Crippen LogP contribution in [0, 0.1) is 0 Å². The van der Waals surface area contributed by atoms with Gasteiger partial charge in [0.2, 0.25) is 0 Å². The van der Waals surface area contributed by atoms with Gasteiger partial charge in [-0.3, -0.25) is 0 Å². The van der Waals surface area contributed by atoms with Gasteiger partial charge in [0.15, 0.2) is 16.1 Å². The van der Waals surface area contributed by atoms with Crippen molar-refractivity contribution in [2.24, 2.45) is 0 Å². The van der Waals surface area contributed by atoms with E-state index in [9.17, 15) is 8.42 Å². The molecule has 0 aromatic carbocycles. The fourth-order valence-corrected chi connectivity index (χ4v) is 1.48. The highest BCUT2D eigenvalue weighted by atomic mass is 32.2. The van der Waals surface area contributed by atoms with Gasteiger partial charge in [-0.15, -0.1) is 0 Å². The van der Waals surface area contributed by atoms with Gasteiger partial charge < -0.3 is 9.47 Å². The van der Waals surface area contributed by atoms with Crippen LogP contribution in [0.1, 0.15) is 6.92 Å². The Morgan fingerprint density at radius 2 is 1.73 bits per heavy atom. The third-order valence-corrected chi connectivity index (χ3v) is 3.12. The Balaban J connectivity index is 2.53. The molecular formula is C6H12O4S. The lowest BCUT2D eigenvalue weighted by atomic mass is 10.4. The minimum absolute atomic E-state index is 0.250. The quantitative estimate of drug-likeness (QED) is 0.560. The van der Waals surface area contributed by atoms with Gasteiger partial charge in [-0.2, -0.15) is 0 Å². The van der Waals surface area contributed by atoms with Crippen molar-refractivity contribution in [2.75, 3.05) is 19.5 Å². The average Bonchev–Trinajstić information content (AvgIpc) is 1.86. The molecule has 66 valence electrons. The maximum absolute atomic E-state index is 10.9. The van der Waals surface area contributed by atoms with Crippen molar-refractivity contribution >= 4 is 9.84 Å². The Bertz CT molecular complexity index is 213. The van der Waals surface area contributed by atoms with E-state index < -0.39 is 15.1 Å². The number of hydrogen-bond acceptors (Lipinski definition) is 4. The highest BCUT2D eigenvalue weighted by Gasteiger charge is 2.26.